The van der Waals surface area contributed by atoms with Crippen molar-refractivity contribution in [1.82, 2.24) is 9.97 Å². The van der Waals surface area contributed by atoms with E-state index in [0.29, 0.717) is 53.9 Å². The molecule has 0 spiro atoms. The van der Waals surface area contributed by atoms with Gasteiger partial charge in [0.15, 0.2) is 11.5 Å². The number of nitrogens with one attached hydrogen (secondary N) is 1. The van der Waals surface area contributed by atoms with Gasteiger partial charge in [-0.05, 0) is 32.4 Å². The summed E-state index contributed by atoms with van der Waals surface area (Å²) >= 11 is 0. The zero-order chi connectivity index (χ0) is 24.5. The van der Waals surface area contributed by atoms with Gasteiger partial charge in [-0.3, -0.25) is 0 Å². The molecule has 0 saturated carbocycles. The number of aryl methyl sites for hydroxylation is 1. The van der Waals surface area contributed by atoms with Crippen LogP contribution in [0.1, 0.15) is 36.3 Å². The van der Waals surface area contributed by atoms with Crippen molar-refractivity contribution >= 4 is 16.7 Å². The maximum atomic E-state index is 14.7. The van der Waals surface area contributed by atoms with Crippen LogP contribution in [-0.2, 0) is 10.9 Å². The Bertz CT molecular complexity index is 1180. The number of fused-ring (bicyclic) bond motifs is 1. The van der Waals surface area contributed by atoms with E-state index in [1.54, 1.807) is 26.0 Å². The van der Waals surface area contributed by atoms with Crippen LogP contribution in [0.5, 0.6) is 11.5 Å². The molecule has 2 aromatic carbocycles. The number of anilines is 1. The molecule has 3 aromatic rings. The van der Waals surface area contributed by atoms with Gasteiger partial charge in [0.1, 0.15) is 17.5 Å². The number of benzene rings is 2. The predicted octanol–water partition coefficient (Wildman–Crippen LogP) is 5.69. The van der Waals surface area contributed by atoms with E-state index in [4.69, 9.17) is 14.2 Å². The summed E-state index contributed by atoms with van der Waals surface area (Å²) in [4.78, 5) is 8.86. The van der Waals surface area contributed by atoms with E-state index < -0.39 is 23.6 Å². The van der Waals surface area contributed by atoms with E-state index in [2.05, 4.69) is 15.3 Å². The van der Waals surface area contributed by atoms with E-state index in [1.165, 1.54) is 19.2 Å². The molecule has 4 rings (SSSR count). The quantitative estimate of drug-likeness (QED) is 0.439. The first-order valence-electron chi connectivity index (χ1n) is 10.9. The summed E-state index contributed by atoms with van der Waals surface area (Å²) in [7, 11) is 1.53. The van der Waals surface area contributed by atoms with Crippen LogP contribution in [0.15, 0.2) is 30.3 Å². The lowest BCUT2D eigenvalue weighted by Crippen LogP contribution is -2.15. The molecule has 1 saturated heterocycles. The minimum atomic E-state index is -4.79. The highest BCUT2D eigenvalue weighted by Gasteiger charge is 2.35. The number of alkyl halides is 3. The van der Waals surface area contributed by atoms with E-state index in [0.717, 1.165) is 12.5 Å². The molecule has 0 aliphatic carbocycles. The first-order chi connectivity index (χ1) is 16.2. The second-order valence-electron chi connectivity index (χ2n) is 8.25. The van der Waals surface area contributed by atoms with E-state index >= 15 is 0 Å². The molecule has 1 aliphatic rings. The van der Waals surface area contributed by atoms with Crippen molar-refractivity contribution in [2.45, 2.75) is 32.5 Å². The number of rotatable bonds is 7. The van der Waals surface area contributed by atoms with Crippen molar-refractivity contribution in [1.29, 1.82) is 0 Å². The molecule has 182 valence electrons. The smallest absolute Gasteiger partial charge is 0.419 e. The van der Waals surface area contributed by atoms with Gasteiger partial charge < -0.3 is 19.5 Å². The van der Waals surface area contributed by atoms with Crippen molar-refractivity contribution in [2.75, 3.05) is 32.2 Å². The highest BCUT2D eigenvalue weighted by Crippen LogP contribution is 2.37. The third-order valence-corrected chi connectivity index (χ3v) is 5.75. The average Bonchev–Trinajstić information content (AvgIpc) is 3.30. The van der Waals surface area contributed by atoms with E-state index in [1.807, 2.05) is 0 Å². The number of aromatic nitrogens is 2. The van der Waals surface area contributed by atoms with Crippen molar-refractivity contribution < 1.29 is 31.8 Å². The van der Waals surface area contributed by atoms with Crippen LogP contribution in [0.3, 0.4) is 0 Å². The largest absolute Gasteiger partial charge is 0.493 e. The van der Waals surface area contributed by atoms with Gasteiger partial charge in [0.2, 0.25) is 0 Å². The molecule has 10 heteroatoms. The Morgan fingerprint density at radius 2 is 2.00 bits per heavy atom. The van der Waals surface area contributed by atoms with E-state index in [9.17, 15) is 17.6 Å². The molecule has 1 N–H and O–H groups in total. The molecular weight excluding hydrogens is 454 g/mol. The minimum absolute atomic E-state index is 0.120. The third kappa shape index (κ3) is 5.01. The average molecular weight is 479 g/mol. The maximum absolute atomic E-state index is 14.7. The molecule has 2 heterocycles. The normalized spacial score (nSPS) is 17.1. The summed E-state index contributed by atoms with van der Waals surface area (Å²) in [6, 6.07) is 5.86. The lowest BCUT2D eigenvalue weighted by atomic mass is 10.0. The summed E-state index contributed by atoms with van der Waals surface area (Å²) in [6.45, 7) is 5.04. The summed E-state index contributed by atoms with van der Waals surface area (Å²) in [6.07, 6.45) is -3.88. The molecule has 34 heavy (non-hydrogen) atoms. The number of methoxy groups -OCH3 is 1. The minimum Gasteiger partial charge on any atom is -0.493 e. The fourth-order valence-electron chi connectivity index (χ4n) is 3.94. The topological polar surface area (TPSA) is 65.5 Å². The highest BCUT2D eigenvalue weighted by atomic mass is 19.4. The highest BCUT2D eigenvalue weighted by molar-refractivity contribution is 5.92. The first-order valence-corrected chi connectivity index (χ1v) is 10.9. The van der Waals surface area contributed by atoms with Gasteiger partial charge in [0.25, 0.3) is 0 Å². The number of hydrogen-bond acceptors (Lipinski definition) is 6. The lowest BCUT2D eigenvalue weighted by molar-refractivity contribution is -0.140. The van der Waals surface area contributed by atoms with Crippen LogP contribution in [-0.4, -0.2) is 36.9 Å². The monoisotopic (exact) mass is 479 g/mol. The van der Waals surface area contributed by atoms with Crippen molar-refractivity contribution in [3.63, 3.8) is 0 Å². The molecular formula is C24H25F4N3O3. The van der Waals surface area contributed by atoms with Crippen LogP contribution in [0.25, 0.3) is 10.9 Å². The standard InChI is InChI=1S/C24H25F4N3O3/c1-13(16-5-4-6-18(22(16)25)24(26,27)28)29-23-17-9-21(34-12-15-7-8-33-11-15)20(32-3)10-19(17)30-14(2)31-23/h4-6,9-10,13,15H,7-8,11-12H2,1-3H3,(H,29,30,31)/t13-,15-/m1/s1. The summed E-state index contributed by atoms with van der Waals surface area (Å²) in [5.74, 6) is 0.725. The first kappa shape index (κ1) is 24.0. The molecule has 1 fully saturated rings. The van der Waals surface area contributed by atoms with Crippen molar-refractivity contribution in [3.05, 3.63) is 53.1 Å². The number of ether oxygens (including phenoxy) is 3. The Balaban J connectivity index is 1.68. The summed E-state index contributed by atoms with van der Waals surface area (Å²) in [5.41, 5.74) is -0.871. The van der Waals surface area contributed by atoms with Crippen molar-refractivity contribution in [2.24, 2.45) is 5.92 Å². The third-order valence-electron chi connectivity index (χ3n) is 5.75. The molecule has 0 unspecified atom stereocenters. The lowest BCUT2D eigenvalue weighted by Gasteiger charge is -2.20. The Morgan fingerprint density at radius 3 is 2.68 bits per heavy atom. The Morgan fingerprint density at radius 1 is 1.21 bits per heavy atom. The Labute approximate surface area is 194 Å². The maximum Gasteiger partial charge on any atom is 0.419 e. The van der Waals surface area contributed by atoms with Crippen LogP contribution in [0.2, 0.25) is 0 Å². The zero-order valence-corrected chi connectivity index (χ0v) is 19.0. The molecule has 0 radical (unpaired) electrons. The molecule has 1 aliphatic heterocycles. The number of halogens is 4. The predicted molar refractivity (Wildman–Crippen MR) is 119 cm³/mol. The van der Waals surface area contributed by atoms with Crippen LogP contribution in [0, 0.1) is 18.7 Å². The summed E-state index contributed by atoms with van der Waals surface area (Å²) < 4.78 is 71.0. The van der Waals surface area contributed by atoms with Crippen molar-refractivity contribution in [3.8, 4) is 11.5 Å². The van der Waals surface area contributed by atoms with Crippen LogP contribution in [0.4, 0.5) is 23.4 Å². The van der Waals surface area contributed by atoms with E-state index in [-0.39, 0.29) is 11.5 Å². The van der Waals surface area contributed by atoms with Gasteiger partial charge in [-0.2, -0.15) is 13.2 Å². The fraction of sp³-hybridized carbons (Fsp3) is 0.417. The Hall–Kier alpha value is -3.14. The molecule has 6 nitrogen and oxygen atoms in total. The van der Waals surface area contributed by atoms with Gasteiger partial charge in [-0.25, -0.2) is 14.4 Å². The molecule has 2 atom stereocenters. The van der Waals surface area contributed by atoms with Gasteiger partial charge in [-0.15, -0.1) is 0 Å². The van der Waals surface area contributed by atoms with Gasteiger partial charge in [-0.1, -0.05) is 12.1 Å². The fourth-order valence-corrected chi connectivity index (χ4v) is 3.94. The molecule has 1 aromatic heterocycles. The summed E-state index contributed by atoms with van der Waals surface area (Å²) in [5, 5.41) is 3.62. The van der Waals surface area contributed by atoms with Crippen LogP contribution >= 0.6 is 0 Å². The second kappa shape index (κ2) is 9.61. The van der Waals surface area contributed by atoms with Gasteiger partial charge in [0, 0.05) is 29.5 Å². The SMILES string of the molecule is COc1cc2nc(C)nc(N[C@H](C)c3cccc(C(F)(F)F)c3F)c2cc1OC[C@@H]1CCOC1. The second-order valence-corrected chi connectivity index (χ2v) is 8.25. The van der Waals surface area contributed by atoms with Gasteiger partial charge >= 0.3 is 6.18 Å². The molecule has 0 amide bonds. The zero-order valence-electron chi connectivity index (χ0n) is 19.0. The number of hydrogen-bond donors (Lipinski definition) is 1. The Kier molecular flexibility index (Phi) is 6.79. The molecule has 0 bridgehead atoms. The van der Waals surface area contributed by atoms with Gasteiger partial charge in [0.05, 0.1) is 37.4 Å². The van der Waals surface area contributed by atoms with Crippen LogP contribution < -0.4 is 14.8 Å². The number of nitrogens with zero attached hydrogens (tertiary/aromatic N) is 2.